The van der Waals surface area contributed by atoms with Crippen LogP contribution in [0.25, 0.3) is 0 Å². The number of hydrogen-bond acceptors (Lipinski definition) is 3. The monoisotopic (exact) mass is 317 g/mol. The summed E-state index contributed by atoms with van der Waals surface area (Å²) in [5.74, 6) is 0.598. The van der Waals surface area contributed by atoms with Crippen molar-refractivity contribution in [2.75, 3.05) is 36.4 Å². The molecule has 0 saturated carbocycles. The molecule has 2 rings (SSSR count). The summed E-state index contributed by atoms with van der Waals surface area (Å²) >= 11 is 0. The van der Waals surface area contributed by atoms with E-state index in [0.29, 0.717) is 18.8 Å². The van der Waals surface area contributed by atoms with Crippen molar-refractivity contribution in [2.45, 2.75) is 33.6 Å². The normalized spacial score (nSPS) is 15.0. The van der Waals surface area contributed by atoms with Crippen LogP contribution in [0.3, 0.4) is 0 Å². The minimum absolute atomic E-state index is 0.0484. The number of carbonyl (C=O) groups excluding carboxylic acids is 2. The van der Waals surface area contributed by atoms with Gasteiger partial charge in [0.25, 0.3) is 0 Å². The Kier molecular flexibility index (Phi) is 6.02. The standard InChI is InChI=1S/C18H27N3O2/c1-4-18(23)21-11-9-20(10-12-21)16-8-6-5-7-15(16)19-17(22)13-14(2)3/h5-8,14H,4,9-13H2,1-3H3,(H,19,22). The quantitative estimate of drug-likeness (QED) is 0.908. The SMILES string of the molecule is CCC(=O)N1CCN(c2ccccc2NC(=O)CC(C)C)CC1. The van der Waals surface area contributed by atoms with Gasteiger partial charge in [-0.3, -0.25) is 9.59 Å². The molecule has 23 heavy (non-hydrogen) atoms. The van der Waals surface area contributed by atoms with Gasteiger partial charge in [-0.1, -0.05) is 32.9 Å². The maximum absolute atomic E-state index is 12.1. The van der Waals surface area contributed by atoms with Gasteiger partial charge in [-0.05, 0) is 18.1 Å². The van der Waals surface area contributed by atoms with Crippen LogP contribution in [0, 0.1) is 5.92 Å². The van der Waals surface area contributed by atoms with Crippen LogP contribution in [0.5, 0.6) is 0 Å². The molecule has 0 radical (unpaired) electrons. The van der Waals surface area contributed by atoms with Gasteiger partial charge in [0.1, 0.15) is 0 Å². The Morgan fingerprint density at radius 1 is 1.13 bits per heavy atom. The van der Waals surface area contributed by atoms with Crippen LogP contribution in [0.1, 0.15) is 33.6 Å². The van der Waals surface area contributed by atoms with Crippen molar-refractivity contribution in [1.82, 2.24) is 4.90 Å². The van der Waals surface area contributed by atoms with E-state index in [0.717, 1.165) is 37.6 Å². The third-order valence-electron chi connectivity index (χ3n) is 4.05. The molecule has 0 atom stereocenters. The van der Waals surface area contributed by atoms with Crippen LogP contribution < -0.4 is 10.2 Å². The number of para-hydroxylation sites is 2. The van der Waals surface area contributed by atoms with E-state index in [9.17, 15) is 9.59 Å². The predicted octanol–water partition coefficient (Wildman–Crippen LogP) is 2.73. The molecule has 1 aromatic carbocycles. The number of carbonyl (C=O) groups is 2. The van der Waals surface area contributed by atoms with E-state index in [1.807, 2.05) is 49.9 Å². The first kappa shape index (κ1) is 17.3. The van der Waals surface area contributed by atoms with Crippen molar-refractivity contribution in [2.24, 2.45) is 5.92 Å². The average Bonchev–Trinajstić information content (AvgIpc) is 2.54. The second-order valence-electron chi connectivity index (χ2n) is 6.38. The van der Waals surface area contributed by atoms with E-state index in [2.05, 4.69) is 10.2 Å². The number of nitrogens with one attached hydrogen (secondary N) is 1. The molecule has 126 valence electrons. The third-order valence-corrected chi connectivity index (χ3v) is 4.05. The highest BCUT2D eigenvalue weighted by Crippen LogP contribution is 2.27. The Morgan fingerprint density at radius 2 is 1.78 bits per heavy atom. The van der Waals surface area contributed by atoms with Crippen LogP contribution in [0.2, 0.25) is 0 Å². The van der Waals surface area contributed by atoms with Gasteiger partial charge in [0, 0.05) is 39.0 Å². The van der Waals surface area contributed by atoms with E-state index >= 15 is 0 Å². The number of anilines is 2. The van der Waals surface area contributed by atoms with Gasteiger partial charge in [0.2, 0.25) is 11.8 Å². The molecule has 1 heterocycles. The smallest absolute Gasteiger partial charge is 0.224 e. The Morgan fingerprint density at radius 3 is 2.39 bits per heavy atom. The number of nitrogens with zero attached hydrogens (tertiary/aromatic N) is 2. The summed E-state index contributed by atoms with van der Waals surface area (Å²) in [5.41, 5.74) is 1.89. The Bertz CT molecular complexity index is 549. The molecular weight excluding hydrogens is 290 g/mol. The minimum atomic E-state index is 0.0484. The van der Waals surface area contributed by atoms with Crippen molar-refractivity contribution in [3.8, 4) is 0 Å². The van der Waals surface area contributed by atoms with E-state index in [4.69, 9.17) is 0 Å². The Labute approximate surface area is 138 Å². The molecule has 1 N–H and O–H groups in total. The molecule has 5 nitrogen and oxygen atoms in total. The Balaban J connectivity index is 2.03. The summed E-state index contributed by atoms with van der Waals surface area (Å²) in [6, 6.07) is 7.89. The molecule has 0 unspecified atom stereocenters. The predicted molar refractivity (Wildman–Crippen MR) is 93.6 cm³/mol. The van der Waals surface area contributed by atoms with Gasteiger partial charge in [0.05, 0.1) is 11.4 Å². The number of amides is 2. The zero-order valence-corrected chi connectivity index (χ0v) is 14.3. The van der Waals surface area contributed by atoms with Gasteiger partial charge < -0.3 is 15.1 Å². The first-order valence-electron chi connectivity index (χ1n) is 8.42. The van der Waals surface area contributed by atoms with Gasteiger partial charge in [-0.2, -0.15) is 0 Å². The third kappa shape index (κ3) is 4.71. The Hall–Kier alpha value is -2.04. The van der Waals surface area contributed by atoms with Crippen molar-refractivity contribution in [3.05, 3.63) is 24.3 Å². The number of rotatable bonds is 5. The first-order valence-corrected chi connectivity index (χ1v) is 8.42. The maximum atomic E-state index is 12.1. The van der Waals surface area contributed by atoms with E-state index in [-0.39, 0.29) is 11.8 Å². The molecule has 1 aliphatic rings. The topological polar surface area (TPSA) is 52.7 Å². The fraction of sp³-hybridized carbons (Fsp3) is 0.556. The van der Waals surface area contributed by atoms with E-state index < -0.39 is 0 Å². The summed E-state index contributed by atoms with van der Waals surface area (Å²) in [4.78, 5) is 28.0. The van der Waals surface area contributed by atoms with Gasteiger partial charge in [-0.25, -0.2) is 0 Å². The van der Waals surface area contributed by atoms with Crippen LogP contribution in [-0.4, -0.2) is 42.9 Å². The maximum Gasteiger partial charge on any atom is 0.224 e. The summed E-state index contributed by atoms with van der Waals surface area (Å²) in [7, 11) is 0. The summed E-state index contributed by atoms with van der Waals surface area (Å²) in [6.07, 6.45) is 1.08. The van der Waals surface area contributed by atoms with E-state index in [1.165, 1.54) is 0 Å². The zero-order valence-electron chi connectivity index (χ0n) is 14.3. The molecule has 1 fully saturated rings. The average molecular weight is 317 g/mol. The van der Waals surface area contributed by atoms with Crippen molar-refractivity contribution in [3.63, 3.8) is 0 Å². The zero-order chi connectivity index (χ0) is 16.8. The van der Waals surface area contributed by atoms with Crippen molar-refractivity contribution < 1.29 is 9.59 Å². The highest BCUT2D eigenvalue weighted by molar-refractivity contribution is 5.94. The lowest BCUT2D eigenvalue weighted by molar-refractivity contribution is -0.131. The fourth-order valence-corrected chi connectivity index (χ4v) is 2.85. The van der Waals surface area contributed by atoms with Gasteiger partial charge >= 0.3 is 0 Å². The lowest BCUT2D eigenvalue weighted by Crippen LogP contribution is -2.48. The molecule has 1 aromatic rings. The molecule has 2 amide bonds. The molecule has 0 bridgehead atoms. The summed E-state index contributed by atoms with van der Waals surface area (Å²) in [5, 5.41) is 3.02. The number of hydrogen-bond donors (Lipinski definition) is 1. The van der Waals surface area contributed by atoms with Crippen LogP contribution in [0.4, 0.5) is 11.4 Å². The van der Waals surface area contributed by atoms with Crippen molar-refractivity contribution in [1.29, 1.82) is 0 Å². The van der Waals surface area contributed by atoms with E-state index in [1.54, 1.807) is 0 Å². The van der Waals surface area contributed by atoms with Crippen molar-refractivity contribution >= 4 is 23.2 Å². The van der Waals surface area contributed by atoms with Crippen LogP contribution in [-0.2, 0) is 9.59 Å². The summed E-state index contributed by atoms with van der Waals surface area (Å²) < 4.78 is 0. The number of benzene rings is 1. The highest BCUT2D eigenvalue weighted by atomic mass is 16.2. The molecule has 0 aliphatic carbocycles. The van der Waals surface area contributed by atoms with Crippen LogP contribution in [0.15, 0.2) is 24.3 Å². The fourth-order valence-electron chi connectivity index (χ4n) is 2.85. The second-order valence-corrected chi connectivity index (χ2v) is 6.38. The number of piperazine rings is 1. The minimum Gasteiger partial charge on any atom is -0.366 e. The lowest BCUT2D eigenvalue weighted by atomic mass is 10.1. The van der Waals surface area contributed by atoms with Gasteiger partial charge in [0.15, 0.2) is 0 Å². The largest absolute Gasteiger partial charge is 0.366 e. The van der Waals surface area contributed by atoms with Crippen LogP contribution >= 0.6 is 0 Å². The molecule has 0 spiro atoms. The highest BCUT2D eigenvalue weighted by Gasteiger charge is 2.22. The summed E-state index contributed by atoms with van der Waals surface area (Å²) in [6.45, 7) is 9.03. The van der Waals surface area contributed by atoms with Gasteiger partial charge in [-0.15, -0.1) is 0 Å². The molecule has 0 aromatic heterocycles. The second kappa shape index (κ2) is 7.99. The first-order chi connectivity index (χ1) is 11.0. The lowest BCUT2D eigenvalue weighted by Gasteiger charge is -2.36. The molecule has 5 heteroatoms. The molecule has 1 saturated heterocycles. The molecular formula is C18H27N3O2. The molecule has 1 aliphatic heterocycles.